The molecule has 0 unspecified atom stereocenters. The van der Waals surface area contributed by atoms with Crippen LogP contribution in [0.3, 0.4) is 0 Å². The van der Waals surface area contributed by atoms with Gasteiger partial charge in [0.05, 0.1) is 17.3 Å². The third-order valence-corrected chi connectivity index (χ3v) is 5.34. The predicted octanol–water partition coefficient (Wildman–Crippen LogP) is 2.84. The Morgan fingerprint density at radius 3 is 2.45 bits per heavy atom. The molecule has 1 aliphatic heterocycles. The number of nitrogens with zero attached hydrogens (tertiary/aromatic N) is 6. The van der Waals surface area contributed by atoms with Crippen molar-refractivity contribution in [2.75, 3.05) is 18.0 Å². The van der Waals surface area contributed by atoms with Crippen molar-refractivity contribution in [1.82, 2.24) is 30.5 Å². The molecule has 0 bridgehead atoms. The standard InChI is InChI=1S/C22H25F2N7O2/c1-13(2)25-22(32)16-10-30(11-16)19-8-9-20(28-27-19)33-12-18-14(3)26-29-31(18)17-6-4-15(5-7-17)21(23)24/h4-9,13,16,21H,10-12H2,1-3H3,(H,25,32). The quantitative estimate of drug-likeness (QED) is 0.555. The van der Waals surface area contributed by atoms with Crippen molar-refractivity contribution in [1.29, 1.82) is 0 Å². The summed E-state index contributed by atoms with van der Waals surface area (Å²) in [5, 5.41) is 19.4. The number of ether oxygens (including phenoxy) is 1. The van der Waals surface area contributed by atoms with Crippen molar-refractivity contribution >= 4 is 11.7 Å². The zero-order valence-electron chi connectivity index (χ0n) is 18.6. The first kappa shape index (κ1) is 22.6. The van der Waals surface area contributed by atoms with Crippen LogP contribution in [0.1, 0.15) is 37.2 Å². The molecular formula is C22H25F2N7O2. The van der Waals surface area contributed by atoms with Crippen LogP contribution in [0.5, 0.6) is 5.88 Å². The van der Waals surface area contributed by atoms with Gasteiger partial charge in [-0.15, -0.1) is 15.3 Å². The number of carbonyl (C=O) groups excluding carboxylic acids is 1. The average Bonchev–Trinajstić information content (AvgIpc) is 3.12. The maximum atomic E-state index is 12.8. The van der Waals surface area contributed by atoms with E-state index in [2.05, 4.69) is 25.8 Å². The second-order valence-corrected chi connectivity index (χ2v) is 8.21. The SMILES string of the molecule is Cc1nnn(-c2ccc(C(F)F)cc2)c1COc1ccc(N2CC(C(=O)NC(C)C)C2)nn1. The maximum absolute atomic E-state index is 12.8. The van der Waals surface area contributed by atoms with E-state index in [-0.39, 0.29) is 30.0 Å². The van der Waals surface area contributed by atoms with Crippen LogP contribution in [0.4, 0.5) is 14.6 Å². The molecule has 1 saturated heterocycles. The lowest BCUT2D eigenvalue weighted by atomic mass is 9.99. The van der Waals surface area contributed by atoms with Gasteiger partial charge in [0.25, 0.3) is 6.43 Å². The number of rotatable bonds is 8. The Kier molecular flexibility index (Phi) is 6.47. The summed E-state index contributed by atoms with van der Waals surface area (Å²) in [6.07, 6.45) is -2.53. The van der Waals surface area contributed by atoms with Crippen molar-refractivity contribution in [3.63, 3.8) is 0 Å². The van der Waals surface area contributed by atoms with E-state index in [0.717, 1.165) is 0 Å². The number of hydrogen-bond donors (Lipinski definition) is 1. The van der Waals surface area contributed by atoms with E-state index < -0.39 is 6.43 Å². The topological polar surface area (TPSA) is 98.1 Å². The highest BCUT2D eigenvalue weighted by atomic mass is 19.3. The van der Waals surface area contributed by atoms with Gasteiger partial charge >= 0.3 is 0 Å². The number of carbonyl (C=O) groups is 1. The van der Waals surface area contributed by atoms with Crippen LogP contribution in [0.2, 0.25) is 0 Å². The summed E-state index contributed by atoms with van der Waals surface area (Å²) in [6.45, 7) is 6.99. The molecule has 0 saturated carbocycles. The van der Waals surface area contributed by atoms with Gasteiger partial charge < -0.3 is 15.0 Å². The number of benzene rings is 1. The van der Waals surface area contributed by atoms with Gasteiger partial charge in [0.2, 0.25) is 11.8 Å². The van der Waals surface area contributed by atoms with Crippen LogP contribution in [0.15, 0.2) is 36.4 Å². The molecule has 0 aliphatic carbocycles. The first-order chi connectivity index (χ1) is 15.8. The molecule has 3 heterocycles. The fraction of sp³-hybridized carbons (Fsp3) is 0.409. The maximum Gasteiger partial charge on any atom is 0.263 e. The highest BCUT2D eigenvalue weighted by Gasteiger charge is 2.33. The molecule has 0 spiro atoms. The molecule has 174 valence electrons. The Balaban J connectivity index is 1.36. The van der Waals surface area contributed by atoms with E-state index in [1.807, 2.05) is 18.7 Å². The van der Waals surface area contributed by atoms with Gasteiger partial charge in [-0.1, -0.05) is 17.3 Å². The van der Waals surface area contributed by atoms with Gasteiger partial charge in [-0.3, -0.25) is 4.79 Å². The summed E-state index contributed by atoms with van der Waals surface area (Å²) in [4.78, 5) is 14.0. The van der Waals surface area contributed by atoms with Gasteiger partial charge in [0.1, 0.15) is 12.3 Å². The smallest absolute Gasteiger partial charge is 0.263 e. The molecule has 1 N–H and O–H groups in total. The Labute approximate surface area is 189 Å². The summed E-state index contributed by atoms with van der Waals surface area (Å²) >= 11 is 0. The van der Waals surface area contributed by atoms with E-state index in [4.69, 9.17) is 4.74 Å². The van der Waals surface area contributed by atoms with Crippen molar-refractivity contribution in [2.45, 2.75) is 39.8 Å². The van der Waals surface area contributed by atoms with Crippen molar-refractivity contribution in [3.05, 3.63) is 53.3 Å². The zero-order chi connectivity index (χ0) is 23.5. The van der Waals surface area contributed by atoms with E-state index in [0.29, 0.717) is 41.9 Å². The van der Waals surface area contributed by atoms with Gasteiger partial charge in [-0.05, 0) is 39.0 Å². The summed E-state index contributed by atoms with van der Waals surface area (Å²) in [5.74, 6) is 1.01. The van der Waals surface area contributed by atoms with E-state index >= 15 is 0 Å². The minimum Gasteiger partial charge on any atom is -0.470 e. The summed E-state index contributed by atoms with van der Waals surface area (Å²) in [5.41, 5.74) is 1.88. The number of anilines is 1. The molecule has 0 radical (unpaired) electrons. The van der Waals surface area contributed by atoms with Crippen molar-refractivity contribution in [2.24, 2.45) is 5.92 Å². The molecular weight excluding hydrogens is 432 g/mol. The van der Waals surface area contributed by atoms with Crippen LogP contribution < -0.4 is 15.0 Å². The van der Waals surface area contributed by atoms with E-state index in [9.17, 15) is 13.6 Å². The Morgan fingerprint density at radius 2 is 1.85 bits per heavy atom. The number of aromatic nitrogens is 5. The number of amides is 1. The zero-order valence-corrected chi connectivity index (χ0v) is 18.6. The van der Waals surface area contributed by atoms with Gasteiger partial charge in [0.15, 0.2) is 5.82 Å². The van der Waals surface area contributed by atoms with Crippen LogP contribution in [-0.4, -0.2) is 50.2 Å². The number of halogens is 2. The van der Waals surface area contributed by atoms with Crippen LogP contribution >= 0.6 is 0 Å². The third kappa shape index (κ3) is 5.07. The van der Waals surface area contributed by atoms with Crippen LogP contribution in [-0.2, 0) is 11.4 Å². The molecule has 2 aromatic heterocycles. The highest BCUT2D eigenvalue weighted by Crippen LogP contribution is 2.24. The molecule has 9 nitrogen and oxygen atoms in total. The lowest BCUT2D eigenvalue weighted by Gasteiger charge is -2.39. The minimum absolute atomic E-state index is 0.0457. The number of aryl methyl sites for hydroxylation is 1. The molecule has 1 aliphatic rings. The number of nitrogens with one attached hydrogen (secondary N) is 1. The lowest BCUT2D eigenvalue weighted by molar-refractivity contribution is -0.126. The Hall–Kier alpha value is -3.63. The fourth-order valence-electron chi connectivity index (χ4n) is 3.45. The minimum atomic E-state index is -2.53. The molecule has 3 aromatic rings. The molecule has 33 heavy (non-hydrogen) atoms. The first-order valence-electron chi connectivity index (χ1n) is 10.6. The van der Waals surface area contributed by atoms with Crippen molar-refractivity contribution < 1.29 is 18.3 Å². The molecule has 1 fully saturated rings. The van der Waals surface area contributed by atoms with Gasteiger partial charge in [0, 0.05) is 30.8 Å². The summed E-state index contributed by atoms with van der Waals surface area (Å²) in [7, 11) is 0. The second-order valence-electron chi connectivity index (χ2n) is 8.21. The summed E-state index contributed by atoms with van der Waals surface area (Å²) < 4.78 is 32.9. The fourth-order valence-corrected chi connectivity index (χ4v) is 3.45. The lowest BCUT2D eigenvalue weighted by Crippen LogP contribution is -2.55. The van der Waals surface area contributed by atoms with E-state index in [1.165, 1.54) is 12.1 Å². The predicted molar refractivity (Wildman–Crippen MR) is 116 cm³/mol. The monoisotopic (exact) mass is 457 g/mol. The van der Waals surface area contributed by atoms with Crippen LogP contribution in [0, 0.1) is 12.8 Å². The molecule has 4 rings (SSSR count). The Bertz CT molecular complexity index is 1090. The van der Waals surface area contributed by atoms with Gasteiger partial charge in [-0.25, -0.2) is 13.5 Å². The highest BCUT2D eigenvalue weighted by molar-refractivity contribution is 5.81. The van der Waals surface area contributed by atoms with Gasteiger partial charge in [-0.2, -0.15) is 0 Å². The first-order valence-corrected chi connectivity index (χ1v) is 10.6. The largest absolute Gasteiger partial charge is 0.470 e. The molecule has 1 aromatic carbocycles. The van der Waals surface area contributed by atoms with Crippen LogP contribution in [0.25, 0.3) is 5.69 Å². The van der Waals surface area contributed by atoms with E-state index in [1.54, 1.807) is 35.9 Å². The normalized spacial score (nSPS) is 14.0. The number of alkyl halides is 2. The Morgan fingerprint density at radius 1 is 1.12 bits per heavy atom. The summed E-state index contributed by atoms with van der Waals surface area (Å²) in [6, 6.07) is 9.48. The molecule has 11 heteroatoms. The third-order valence-electron chi connectivity index (χ3n) is 5.34. The second kappa shape index (κ2) is 9.47. The number of hydrogen-bond acceptors (Lipinski definition) is 7. The van der Waals surface area contributed by atoms with Crippen molar-refractivity contribution in [3.8, 4) is 11.6 Å². The molecule has 1 amide bonds. The average molecular weight is 457 g/mol. The molecule has 0 atom stereocenters.